The molecular formula is C15H14F3N5S. The van der Waals surface area contributed by atoms with Gasteiger partial charge in [0.1, 0.15) is 0 Å². The summed E-state index contributed by atoms with van der Waals surface area (Å²) in [5, 5.41) is 8.75. The summed E-state index contributed by atoms with van der Waals surface area (Å²) < 4.78 is 41.0. The van der Waals surface area contributed by atoms with E-state index in [9.17, 15) is 13.2 Å². The number of thiophene rings is 1. The molecule has 0 fully saturated rings. The molecule has 5 nitrogen and oxygen atoms in total. The molecule has 0 aliphatic rings. The van der Waals surface area contributed by atoms with Crippen molar-refractivity contribution < 1.29 is 13.2 Å². The lowest BCUT2D eigenvalue weighted by molar-refractivity contribution is -0.141. The van der Waals surface area contributed by atoms with Gasteiger partial charge in [-0.1, -0.05) is 6.07 Å². The van der Waals surface area contributed by atoms with Crippen molar-refractivity contribution in [3.63, 3.8) is 0 Å². The van der Waals surface area contributed by atoms with Crippen molar-refractivity contribution in [2.45, 2.75) is 26.2 Å². The Labute approximate surface area is 140 Å². The van der Waals surface area contributed by atoms with Gasteiger partial charge in [-0.05, 0) is 24.4 Å². The number of nitrogens with zero attached hydrogens (tertiary/aromatic N) is 4. The van der Waals surface area contributed by atoms with Gasteiger partial charge in [-0.2, -0.15) is 18.3 Å². The number of halogens is 3. The molecule has 3 aromatic rings. The predicted octanol–water partition coefficient (Wildman–Crippen LogP) is 4.05. The third-order valence-electron chi connectivity index (χ3n) is 3.25. The molecule has 0 radical (unpaired) electrons. The Balaban J connectivity index is 1.87. The lowest BCUT2D eigenvalue weighted by Gasteiger charge is -2.10. The Bertz CT molecular complexity index is 811. The minimum atomic E-state index is -4.53. The van der Waals surface area contributed by atoms with Crippen LogP contribution in [0.5, 0.6) is 0 Å². The molecule has 0 aliphatic carbocycles. The second-order valence-corrected chi connectivity index (χ2v) is 5.94. The zero-order valence-electron chi connectivity index (χ0n) is 12.7. The predicted molar refractivity (Wildman–Crippen MR) is 85.6 cm³/mol. The average molecular weight is 353 g/mol. The van der Waals surface area contributed by atoms with E-state index in [1.54, 1.807) is 28.4 Å². The standard InChI is InChI=1S/C15H14F3N5S/c1-2-23-9-10(8-20-23)7-19-14-21-11(12-4-3-5-24-12)6-13(22-14)15(16,17)18/h3-6,8-9H,2,7H2,1H3,(H,19,21,22). The van der Waals surface area contributed by atoms with Gasteiger partial charge in [-0.25, -0.2) is 9.97 Å². The maximum absolute atomic E-state index is 13.1. The number of hydrogen-bond acceptors (Lipinski definition) is 5. The molecule has 0 aliphatic heterocycles. The van der Waals surface area contributed by atoms with Crippen molar-refractivity contribution >= 4 is 17.3 Å². The van der Waals surface area contributed by atoms with Crippen molar-refractivity contribution in [1.29, 1.82) is 0 Å². The number of nitrogens with one attached hydrogen (secondary N) is 1. The van der Waals surface area contributed by atoms with Gasteiger partial charge in [0.25, 0.3) is 0 Å². The van der Waals surface area contributed by atoms with E-state index in [1.165, 1.54) is 11.3 Å². The van der Waals surface area contributed by atoms with Crippen molar-refractivity contribution in [1.82, 2.24) is 19.7 Å². The molecule has 9 heteroatoms. The molecule has 0 amide bonds. The van der Waals surface area contributed by atoms with E-state index in [4.69, 9.17) is 0 Å². The molecular weight excluding hydrogens is 339 g/mol. The van der Waals surface area contributed by atoms with Crippen LogP contribution in [0.3, 0.4) is 0 Å². The van der Waals surface area contributed by atoms with Gasteiger partial charge in [-0.15, -0.1) is 11.3 Å². The Morgan fingerprint density at radius 3 is 2.75 bits per heavy atom. The summed E-state index contributed by atoms with van der Waals surface area (Å²) >= 11 is 1.33. The lowest BCUT2D eigenvalue weighted by atomic mass is 10.2. The molecule has 3 heterocycles. The van der Waals surface area contributed by atoms with Gasteiger partial charge in [0, 0.05) is 24.8 Å². The van der Waals surface area contributed by atoms with Crippen LogP contribution in [-0.2, 0) is 19.3 Å². The van der Waals surface area contributed by atoms with E-state index in [0.29, 0.717) is 11.4 Å². The van der Waals surface area contributed by atoms with Gasteiger partial charge < -0.3 is 5.32 Å². The van der Waals surface area contributed by atoms with Crippen molar-refractivity contribution in [3.8, 4) is 10.6 Å². The maximum Gasteiger partial charge on any atom is 0.433 e. The fourth-order valence-electron chi connectivity index (χ4n) is 2.07. The van der Waals surface area contributed by atoms with Crippen LogP contribution in [0, 0.1) is 0 Å². The van der Waals surface area contributed by atoms with Crippen LogP contribution in [-0.4, -0.2) is 19.7 Å². The molecule has 3 rings (SSSR count). The fraction of sp³-hybridized carbons (Fsp3) is 0.267. The molecule has 0 aromatic carbocycles. The maximum atomic E-state index is 13.1. The third kappa shape index (κ3) is 3.73. The number of hydrogen-bond donors (Lipinski definition) is 1. The van der Waals surface area contributed by atoms with Crippen LogP contribution in [0.2, 0.25) is 0 Å². The monoisotopic (exact) mass is 353 g/mol. The summed E-state index contributed by atoms with van der Waals surface area (Å²) in [7, 11) is 0. The average Bonchev–Trinajstić information content (AvgIpc) is 3.23. The smallest absolute Gasteiger partial charge is 0.350 e. The first-order valence-corrected chi connectivity index (χ1v) is 8.09. The van der Waals surface area contributed by atoms with Gasteiger partial charge in [-0.3, -0.25) is 4.68 Å². The van der Waals surface area contributed by atoms with E-state index in [-0.39, 0.29) is 11.6 Å². The second kappa shape index (κ2) is 6.60. The van der Waals surface area contributed by atoms with E-state index in [2.05, 4.69) is 20.4 Å². The first-order valence-electron chi connectivity index (χ1n) is 7.21. The van der Waals surface area contributed by atoms with Gasteiger partial charge in [0.15, 0.2) is 5.69 Å². The minimum Gasteiger partial charge on any atom is -0.350 e. The van der Waals surface area contributed by atoms with Gasteiger partial charge in [0.05, 0.1) is 16.8 Å². The normalized spacial score (nSPS) is 11.7. The third-order valence-corrected chi connectivity index (χ3v) is 4.14. The highest BCUT2D eigenvalue weighted by atomic mass is 32.1. The first kappa shape index (κ1) is 16.4. The number of anilines is 1. The lowest BCUT2D eigenvalue weighted by Crippen LogP contribution is -2.12. The number of aromatic nitrogens is 4. The van der Waals surface area contributed by atoms with Crippen LogP contribution < -0.4 is 5.32 Å². The highest BCUT2D eigenvalue weighted by molar-refractivity contribution is 7.13. The molecule has 0 unspecified atom stereocenters. The van der Waals surface area contributed by atoms with E-state index < -0.39 is 11.9 Å². The van der Waals surface area contributed by atoms with Crippen molar-refractivity contribution in [2.24, 2.45) is 0 Å². The zero-order valence-corrected chi connectivity index (χ0v) is 13.5. The molecule has 24 heavy (non-hydrogen) atoms. The zero-order chi connectivity index (χ0) is 17.2. The molecule has 0 saturated heterocycles. The molecule has 0 bridgehead atoms. The van der Waals surface area contributed by atoms with Crippen LogP contribution >= 0.6 is 11.3 Å². The Morgan fingerprint density at radius 2 is 2.12 bits per heavy atom. The molecule has 126 valence electrons. The fourth-order valence-corrected chi connectivity index (χ4v) is 2.76. The molecule has 1 N–H and O–H groups in total. The second-order valence-electron chi connectivity index (χ2n) is 4.99. The largest absolute Gasteiger partial charge is 0.433 e. The van der Waals surface area contributed by atoms with Crippen molar-refractivity contribution in [2.75, 3.05) is 5.32 Å². The number of alkyl halides is 3. The van der Waals surface area contributed by atoms with Crippen LogP contribution in [0.4, 0.5) is 19.1 Å². The van der Waals surface area contributed by atoms with Crippen LogP contribution in [0.1, 0.15) is 18.2 Å². The SMILES string of the molecule is CCn1cc(CNc2nc(-c3cccs3)cc(C(F)(F)F)n2)cn1. The summed E-state index contributed by atoms with van der Waals surface area (Å²) in [6.07, 6.45) is -1.05. The Morgan fingerprint density at radius 1 is 1.29 bits per heavy atom. The van der Waals surface area contributed by atoms with E-state index in [0.717, 1.165) is 18.2 Å². The number of aryl methyl sites for hydroxylation is 1. The summed E-state index contributed by atoms with van der Waals surface area (Å²) in [5.74, 6) is -0.0579. The van der Waals surface area contributed by atoms with Crippen LogP contribution in [0.15, 0.2) is 36.0 Å². The highest BCUT2D eigenvalue weighted by Gasteiger charge is 2.33. The summed E-state index contributed by atoms with van der Waals surface area (Å²) in [5.41, 5.74) is 0.127. The topological polar surface area (TPSA) is 55.6 Å². The van der Waals surface area contributed by atoms with E-state index in [1.807, 2.05) is 13.1 Å². The quantitative estimate of drug-likeness (QED) is 0.752. The Hall–Kier alpha value is -2.42. The molecule has 0 saturated carbocycles. The van der Waals surface area contributed by atoms with Crippen molar-refractivity contribution in [3.05, 3.63) is 47.2 Å². The van der Waals surface area contributed by atoms with Gasteiger partial charge >= 0.3 is 6.18 Å². The number of rotatable bonds is 5. The molecule has 0 atom stereocenters. The summed E-state index contributed by atoms with van der Waals surface area (Å²) in [4.78, 5) is 8.44. The highest BCUT2D eigenvalue weighted by Crippen LogP contribution is 2.32. The molecule has 0 spiro atoms. The van der Waals surface area contributed by atoms with E-state index >= 15 is 0 Å². The minimum absolute atomic E-state index is 0.0579. The summed E-state index contributed by atoms with van der Waals surface area (Å²) in [6, 6.07) is 4.45. The van der Waals surface area contributed by atoms with Gasteiger partial charge in [0.2, 0.25) is 5.95 Å². The van der Waals surface area contributed by atoms with Crippen LogP contribution in [0.25, 0.3) is 10.6 Å². The summed E-state index contributed by atoms with van der Waals surface area (Å²) in [6.45, 7) is 2.97. The molecule has 3 aromatic heterocycles. The first-order chi connectivity index (χ1) is 11.5. The Kier molecular flexibility index (Phi) is 4.52.